The Morgan fingerprint density at radius 3 is 2.67 bits per heavy atom. The zero-order valence-electron chi connectivity index (χ0n) is 8.99. The highest BCUT2D eigenvalue weighted by atomic mass is 19.4. The van der Waals surface area contributed by atoms with E-state index < -0.39 is 17.9 Å². The van der Waals surface area contributed by atoms with Crippen LogP contribution in [0.25, 0.3) is 0 Å². The van der Waals surface area contributed by atoms with Gasteiger partial charge in [0, 0.05) is 12.4 Å². The van der Waals surface area contributed by atoms with E-state index >= 15 is 0 Å². The molecular formula is C11H8F4N2O. The minimum Gasteiger partial charge on any atom is -0.403 e. The van der Waals surface area contributed by atoms with Gasteiger partial charge in [0.1, 0.15) is 0 Å². The van der Waals surface area contributed by atoms with Crippen molar-refractivity contribution < 1.29 is 22.3 Å². The Morgan fingerprint density at radius 2 is 2.06 bits per heavy atom. The Morgan fingerprint density at radius 1 is 1.28 bits per heavy atom. The van der Waals surface area contributed by atoms with Crippen molar-refractivity contribution in [3.63, 3.8) is 0 Å². The molecule has 0 atom stereocenters. The van der Waals surface area contributed by atoms with Gasteiger partial charge in [0.15, 0.2) is 11.6 Å². The van der Waals surface area contributed by atoms with Crippen molar-refractivity contribution in [3.05, 3.63) is 48.0 Å². The molecule has 3 nitrogen and oxygen atoms in total. The summed E-state index contributed by atoms with van der Waals surface area (Å²) < 4.78 is 54.3. The van der Waals surface area contributed by atoms with Crippen LogP contribution in [0.3, 0.4) is 0 Å². The van der Waals surface area contributed by atoms with Gasteiger partial charge in [0.05, 0.1) is 6.54 Å². The third kappa shape index (κ3) is 3.22. The van der Waals surface area contributed by atoms with Crippen molar-refractivity contribution >= 4 is 0 Å². The molecule has 0 radical (unpaired) electrons. The van der Waals surface area contributed by atoms with Crippen LogP contribution in [0, 0.1) is 5.82 Å². The number of alkyl halides is 3. The first-order valence-corrected chi connectivity index (χ1v) is 4.96. The molecule has 0 aliphatic heterocycles. The quantitative estimate of drug-likeness (QED) is 0.793. The molecule has 1 heterocycles. The summed E-state index contributed by atoms with van der Waals surface area (Å²) in [6, 6.07) is 4.99. The largest absolute Gasteiger partial charge is 0.573 e. The maximum atomic E-state index is 13.1. The van der Waals surface area contributed by atoms with Crippen molar-refractivity contribution in [3.8, 4) is 5.75 Å². The molecule has 0 aliphatic rings. The van der Waals surface area contributed by atoms with Crippen LogP contribution in [0.15, 0.2) is 36.7 Å². The predicted octanol–water partition coefficient (Wildman–Crippen LogP) is 2.97. The molecule has 0 fully saturated rings. The molecule has 1 aromatic carbocycles. The van der Waals surface area contributed by atoms with Gasteiger partial charge in [-0.2, -0.15) is 5.10 Å². The molecule has 7 heteroatoms. The van der Waals surface area contributed by atoms with Crippen molar-refractivity contribution in [2.45, 2.75) is 12.9 Å². The fourth-order valence-corrected chi connectivity index (χ4v) is 1.43. The first-order valence-electron chi connectivity index (χ1n) is 4.96. The highest BCUT2D eigenvalue weighted by Crippen LogP contribution is 2.26. The maximum absolute atomic E-state index is 13.1. The Labute approximate surface area is 99.6 Å². The lowest BCUT2D eigenvalue weighted by atomic mass is 10.2. The molecule has 0 unspecified atom stereocenters. The van der Waals surface area contributed by atoms with Crippen LogP contribution >= 0.6 is 0 Å². The first kappa shape index (κ1) is 12.4. The Kier molecular flexibility index (Phi) is 3.22. The number of benzene rings is 1. The van der Waals surface area contributed by atoms with Crippen LogP contribution < -0.4 is 4.74 Å². The summed E-state index contributed by atoms with van der Waals surface area (Å²) in [6.07, 6.45) is -1.73. The van der Waals surface area contributed by atoms with E-state index in [1.807, 2.05) is 0 Å². The molecule has 2 aromatic rings. The number of nitrogens with zero attached hydrogens (tertiary/aromatic N) is 2. The van der Waals surface area contributed by atoms with E-state index in [-0.39, 0.29) is 6.54 Å². The Bertz CT molecular complexity index is 522. The van der Waals surface area contributed by atoms with Crippen LogP contribution in [0.2, 0.25) is 0 Å². The average molecular weight is 260 g/mol. The zero-order valence-corrected chi connectivity index (χ0v) is 8.99. The van der Waals surface area contributed by atoms with Gasteiger partial charge in [-0.05, 0) is 23.8 Å². The summed E-state index contributed by atoms with van der Waals surface area (Å²) in [5.74, 6) is -1.90. The maximum Gasteiger partial charge on any atom is 0.573 e. The van der Waals surface area contributed by atoms with Crippen LogP contribution in [-0.4, -0.2) is 16.1 Å². The summed E-state index contributed by atoms with van der Waals surface area (Å²) in [5.41, 5.74) is 0.458. The lowest BCUT2D eigenvalue weighted by Gasteiger charge is -2.11. The van der Waals surface area contributed by atoms with E-state index in [0.29, 0.717) is 5.56 Å². The lowest BCUT2D eigenvalue weighted by Crippen LogP contribution is -2.18. The third-order valence-corrected chi connectivity index (χ3v) is 2.13. The van der Waals surface area contributed by atoms with Gasteiger partial charge in [-0.15, -0.1) is 13.2 Å². The van der Waals surface area contributed by atoms with Crippen molar-refractivity contribution in [2.24, 2.45) is 0 Å². The third-order valence-electron chi connectivity index (χ3n) is 2.13. The molecule has 0 aliphatic carbocycles. The van der Waals surface area contributed by atoms with Gasteiger partial charge in [-0.25, -0.2) is 4.39 Å². The predicted molar refractivity (Wildman–Crippen MR) is 54.4 cm³/mol. The number of ether oxygens (including phenoxy) is 1. The van der Waals surface area contributed by atoms with Gasteiger partial charge in [0.25, 0.3) is 0 Å². The molecule has 0 amide bonds. The SMILES string of the molecule is Fc1ccc(Cn2cccn2)cc1OC(F)(F)F. The molecule has 0 N–H and O–H groups in total. The molecule has 0 saturated carbocycles. The van der Waals surface area contributed by atoms with E-state index in [4.69, 9.17) is 0 Å². The summed E-state index contributed by atoms with van der Waals surface area (Å²) >= 11 is 0. The van der Waals surface area contributed by atoms with Gasteiger partial charge in [-0.1, -0.05) is 6.07 Å². The topological polar surface area (TPSA) is 27.1 Å². The highest BCUT2D eigenvalue weighted by Gasteiger charge is 2.32. The molecule has 0 spiro atoms. The number of aromatic nitrogens is 2. The van der Waals surface area contributed by atoms with Gasteiger partial charge in [-0.3, -0.25) is 4.68 Å². The lowest BCUT2D eigenvalue weighted by molar-refractivity contribution is -0.275. The molecule has 96 valence electrons. The minimum absolute atomic E-state index is 0.238. The van der Waals surface area contributed by atoms with Gasteiger partial charge < -0.3 is 4.74 Å². The molecule has 0 saturated heterocycles. The van der Waals surface area contributed by atoms with Crippen molar-refractivity contribution in [1.82, 2.24) is 9.78 Å². The van der Waals surface area contributed by atoms with Crippen LogP contribution in [-0.2, 0) is 6.54 Å². The van der Waals surface area contributed by atoms with Crippen LogP contribution in [0.1, 0.15) is 5.56 Å². The summed E-state index contributed by atoms with van der Waals surface area (Å²) in [7, 11) is 0. The molecule has 2 rings (SSSR count). The molecule has 18 heavy (non-hydrogen) atoms. The zero-order chi connectivity index (χ0) is 13.2. The van der Waals surface area contributed by atoms with Crippen molar-refractivity contribution in [1.29, 1.82) is 0 Å². The number of rotatable bonds is 3. The van der Waals surface area contributed by atoms with Gasteiger partial charge in [0.2, 0.25) is 0 Å². The van der Waals surface area contributed by atoms with E-state index in [9.17, 15) is 17.6 Å². The first-order chi connectivity index (χ1) is 8.44. The van der Waals surface area contributed by atoms with E-state index in [0.717, 1.165) is 12.1 Å². The molecule has 0 bridgehead atoms. The summed E-state index contributed by atoms with van der Waals surface area (Å²) in [6.45, 7) is 0.238. The number of halogens is 4. The Balaban J connectivity index is 2.21. The fourth-order valence-electron chi connectivity index (χ4n) is 1.43. The van der Waals surface area contributed by atoms with E-state index in [1.165, 1.54) is 16.9 Å². The smallest absolute Gasteiger partial charge is 0.403 e. The summed E-state index contributed by atoms with van der Waals surface area (Å²) in [4.78, 5) is 0. The highest BCUT2D eigenvalue weighted by molar-refractivity contribution is 5.30. The van der Waals surface area contributed by atoms with Crippen LogP contribution in [0.4, 0.5) is 17.6 Å². The normalized spacial score (nSPS) is 11.6. The standard InChI is InChI=1S/C11H8F4N2O/c12-9-3-2-8(7-17-5-1-4-16-17)6-10(9)18-11(13,14)15/h1-6H,7H2. The number of hydrogen-bond acceptors (Lipinski definition) is 2. The fraction of sp³-hybridized carbons (Fsp3) is 0.182. The number of hydrogen-bond donors (Lipinski definition) is 0. The molecule has 1 aromatic heterocycles. The van der Waals surface area contributed by atoms with Crippen LogP contribution in [0.5, 0.6) is 5.75 Å². The van der Waals surface area contributed by atoms with E-state index in [1.54, 1.807) is 12.3 Å². The average Bonchev–Trinajstić information content (AvgIpc) is 2.74. The second kappa shape index (κ2) is 4.67. The Hall–Kier alpha value is -2.05. The monoisotopic (exact) mass is 260 g/mol. The minimum atomic E-state index is -4.91. The van der Waals surface area contributed by atoms with Crippen molar-refractivity contribution in [2.75, 3.05) is 0 Å². The second-order valence-electron chi connectivity index (χ2n) is 3.52. The van der Waals surface area contributed by atoms with Gasteiger partial charge >= 0.3 is 6.36 Å². The molecular weight excluding hydrogens is 252 g/mol. The summed E-state index contributed by atoms with van der Waals surface area (Å²) in [5, 5.41) is 3.90. The second-order valence-corrected chi connectivity index (χ2v) is 3.52. The van der Waals surface area contributed by atoms with E-state index in [2.05, 4.69) is 9.84 Å².